The molecule has 0 fully saturated rings. The van der Waals surface area contributed by atoms with Crippen molar-refractivity contribution in [3.05, 3.63) is 29.6 Å². The third kappa shape index (κ3) is 5.10. The zero-order valence-electron chi connectivity index (χ0n) is 10.0. The zero-order chi connectivity index (χ0) is 12.7. The molecule has 2 N–H and O–H groups in total. The largest absolute Gasteiger partial charge is 0.385 e. The second-order valence-corrected chi connectivity index (χ2v) is 4.10. The van der Waals surface area contributed by atoms with Crippen LogP contribution in [0, 0.1) is 12.7 Å². The molecule has 0 bridgehead atoms. The Labute approximate surface area is 106 Å². The van der Waals surface area contributed by atoms with E-state index >= 15 is 0 Å². The van der Waals surface area contributed by atoms with Gasteiger partial charge in [-0.3, -0.25) is 0 Å². The lowest BCUT2D eigenvalue weighted by atomic mass is 10.2. The lowest BCUT2D eigenvalue weighted by molar-refractivity contribution is 0.196. The zero-order valence-corrected chi connectivity index (χ0v) is 10.9. The number of anilines is 1. The van der Waals surface area contributed by atoms with Gasteiger partial charge in [-0.05, 0) is 43.3 Å². The molecule has 5 heteroatoms. The first-order chi connectivity index (χ1) is 8.13. The average molecular weight is 256 g/mol. The van der Waals surface area contributed by atoms with Crippen molar-refractivity contribution in [3.8, 4) is 0 Å². The van der Waals surface area contributed by atoms with Crippen LogP contribution in [-0.4, -0.2) is 25.4 Å². The fourth-order valence-electron chi connectivity index (χ4n) is 1.26. The molecule has 3 nitrogen and oxygen atoms in total. The predicted molar refractivity (Wildman–Crippen MR) is 71.9 cm³/mol. The van der Waals surface area contributed by atoms with E-state index in [0.717, 1.165) is 13.0 Å². The highest BCUT2D eigenvalue weighted by atomic mass is 32.1. The van der Waals surface area contributed by atoms with Crippen molar-refractivity contribution in [2.75, 3.05) is 25.6 Å². The van der Waals surface area contributed by atoms with E-state index in [0.29, 0.717) is 23.0 Å². The Balaban J connectivity index is 2.37. The van der Waals surface area contributed by atoms with E-state index in [9.17, 15) is 4.39 Å². The van der Waals surface area contributed by atoms with E-state index in [2.05, 4.69) is 10.6 Å². The maximum Gasteiger partial charge on any atom is 0.170 e. The highest BCUT2D eigenvalue weighted by Crippen LogP contribution is 2.13. The monoisotopic (exact) mass is 256 g/mol. The van der Waals surface area contributed by atoms with Crippen LogP contribution < -0.4 is 10.6 Å². The normalized spacial score (nSPS) is 10.1. The summed E-state index contributed by atoms with van der Waals surface area (Å²) in [6, 6.07) is 4.94. The molecule has 0 unspecified atom stereocenters. The van der Waals surface area contributed by atoms with Crippen LogP contribution in [0.2, 0.25) is 0 Å². The van der Waals surface area contributed by atoms with Crippen molar-refractivity contribution in [2.45, 2.75) is 13.3 Å². The van der Waals surface area contributed by atoms with Crippen molar-refractivity contribution in [2.24, 2.45) is 0 Å². The SMILES string of the molecule is COCCCNC(=S)Nc1ccc(C)c(F)c1. The molecule has 0 aliphatic rings. The molecule has 0 aliphatic carbocycles. The summed E-state index contributed by atoms with van der Waals surface area (Å²) in [4.78, 5) is 0. The Morgan fingerprint density at radius 1 is 1.47 bits per heavy atom. The molecular formula is C12H17FN2OS. The van der Waals surface area contributed by atoms with E-state index < -0.39 is 0 Å². The van der Waals surface area contributed by atoms with Crippen LogP contribution >= 0.6 is 12.2 Å². The van der Waals surface area contributed by atoms with Crippen molar-refractivity contribution < 1.29 is 9.13 Å². The molecule has 1 aromatic rings. The molecule has 0 aromatic heterocycles. The number of aryl methyl sites for hydroxylation is 1. The lowest BCUT2D eigenvalue weighted by Crippen LogP contribution is -2.29. The van der Waals surface area contributed by atoms with Crippen LogP contribution in [-0.2, 0) is 4.74 Å². The number of thiocarbonyl (C=S) groups is 1. The standard InChI is InChI=1S/C12H17FN2OS/c1-9-4-5-10(8-11(9)13)15-12(17)14-6-3-7-16-2/h4-5,8H,3,6-7H2,1-2H3,(H2,14,15,17). The number of methoxy groups -OCH3 is 1. The minimum atomic E-state index is -0.239. The Hall–Kier alpha value is -1.20. The van der Waals surface area contributed by atoms with Gasteiger partial charge in [0.2, 0.25) is 0 Å². The van der Waals surface area contributed by atoms with Crippen LogP contribution in [0.4, 0.5) is 10.1 Å². The van der Waals surface area contributed by atoms with Gasteiger partial charge < -0.3 is 15.4 Å². The number of hydrogen-bond acceptors (Lipinski definition) is 2. The summed E-state index contributed by atoms with van der Waals surface area (Å²) in [5, 5.41) is 6.43. The van der Waals surface area contributed by atoms with Gasteiger partial charge in [-0.2, -0.15) is 0 Å². The van der Waals surface area contributed by atoms with Crippen molar-refractivity contribution in [1.82, 2.24) is 5.32 Å². The van der Waals surface area contributed by atoms with Crippen LogP contribution in [0.3, 0.4) is 0 Å². The lowest BCUT2D eigenvalue weighted by Gasteiger charge is -2.10. The molecule has 0 heterocycles. The molecule has 0 spiro atoms. The summed E-state index contributed by atoms with van der Waals surface area (Å²) in [7, 11) is 1.66. The highest BCUT2D eigenvalue weighted by molar-refractivity contribution is 7.80. The van der Waals surface area contributed by atoms with Crippen LogP contribution in [0.15, 0.2) is 18.2 Å². The second kappa shape index (κ2) is 7.19. The molecule has 94 valence electrons. The third-order valence-electron chi connectivity index (χ3n) is 2.24. The summed E-state index contributed by atoms with van der Waals surface area (Å²) >= 11 is 5.08. The summed E-state index contributed by atoms with van der Waals surface area (Å²) < 4.78 is 18.2. The predicted octanol–water partition coefficient (Wildman–Crippen LogP) is 2.46. The first-order valence-electron chi connectivity index (χ1n) is 5.43. The Kier molecular flexibility index (Phi) is 5.86. The quantitative estimate of drug-likeness (QED) is 0.626. The Morgan fingerprint density at radius 3 is 2.88 bits per heavy atom. The van der Waals surface area contributed by atoms with Gasteiger partial charge in [0.25, 0.3) is 0 Å². The Bertz CT molecular complexity index is 385. The van der Waals surface area contributed by atoms with Crippen LogP contribution in [0.25, 0.3) is 0 Å². The van der Waals surface area contributed by atoms with Gasteiger partial charge in [0.1, 0.15) is 5.82 Å². The number of rotatable bonds is 5. The van der Waals surface area contributed by atoms with E-state index in [1.165, 1.54) is 6.07 Å². The second-order valence-electron chi connectivity index (χ2n) is 3.69. The summed E-state index contributed by atoms with van der Waals surface area (Å²) in [5.41, 5.74) is 1.27. The van der Waals surface area contributed by atoms with E-state index in [1.54, 1.807) is 26.2 Å². The summed E-state index contributed by atoms with van der Waals surface area (Å²) in [6.07, 6.45) is 0.876. The maximum absolute atomic E-state index is 13.3. The van der Waals surface area contributed by atoms with Crippen molar-refractivity contribution in [3.63, 3.8) is 0 Å². The van der Waals surface area contributed by atoms with Gasteiger partial charge in [-0.1, -0.05) is 6.07 Å². The molecule has 0 saturated heterocycles. The summed E-state index contributed by atoms with van der Waals surface area (Å²) in [6.45, 7) is 3.14. The smallest absolute Gasteiger partial charge is 0.170 e. The van der Waals surface area contributed by atoms with E-state index in [1.807, 2.05) is 0 Å². The number of hydrogen-bond donors (Lipinski definition) is 2. The first-order valence-corrected chi connectivity index (χ1v) is 5.84. The topological polar surface area (TPSA) is 33.3 Å². The number of nitrogens with one attached hydrogen (secondary N) is 2. The fraction of sp³-hybridized carbons (Fsp3) is 0.417. The number of halogens is 1. The van der Waals surface area contributed by atoms with Gasteiger partial charge in [0, 0.05) is 25.9 Å². The fourth-order valence-corrected chi connectivity index (χ4v) is 1.48. The van der Waals surface area contributed by atoms with Crippen molar-refractivity contribution >= 4 is 23.0 Å². The molecule has 0 atom stereocenters. The number of ether oxygens (including phenoxy) is 1. The highest BCUT2D eigenvalue weighted by Gasteiger charge is 2.01. The molecule has 0 amide bonds. The van der Waals surface area contributed by atoms with E-state index in [-0.39, 0.29) is 5.82 Å². The summed E-state index contributed by atoms with van der Waals surface area (Å²) in [5.74, 6) is -0.239. The molecule has 17 heavy (non-hydrogen) atoms. The van der Waals surface area contributed by atoms with Gasteiger partial charge in [0.05, 0.1) is 0 Å². The molecule has 0 radical (unpaired) electrons. The molecule has 0 saturated carbocycles. The molecule has 1 rings (SSSR count). The number of benzene rings is 1. The van der Waals surface area contributed by atoms with Gasteiger partial charge in [-0.25, -0.2) is 4.39 Å². The van der Waals surface area contributed by atoms with E-state index in [4.69, 9.17) is 17.0 Å². The molecule has 0 aliphatic heterocycles. The van der Waals surface area contributed by atoms with Gasteiger partial charge in [0.15, 0.2) is 5.11 Å². The molecule has 1 aromatic carbocycles. The van der Waals surface area contributed by atoms with Gasteiger partial charge in [-0.15, -0.1) is 0 Å². The first kappa shape index (κ1) is 13.9. The third-order valence-corrected chi connectivity index (χ3v) is 2.49. The van der Waals surface area contributed by atoms with Crippen molar-refractivity contribution in [1.29, 1.82) is 0 Å². The van der Waals surface area contributed by atoms with Crippen LogP contribution in [0.1, 0.15) is 12.0 Å². The van der Waals surface area contributed by atoms with Gasteiger partial charge >= 0.3 is 0 Å². The molecular weight excluding hydrogens is 239 g/mol. The maximum atomic E-state index is 13.3. The Morgan fingerprint density at radius 2 is 2.24 bits per heavy atom. The minimum absolute atomic E-state index is 0.239. The van der Waals surface area contributed by atoms with Crippen LogP contribution in [0.5, 0.6) is 0 Å². The minimum Gasteiger partial charge on any atom is -0.385 e. The average Bonchev–Trinajstić information content (AvgIpc) is 2.30.